The van der Waals surface area contributed by atoms with Crippen molar-refractivity contribution in [2.45, 2.75) is 6.30 Å². The van der Waals surface area contributed by atoms with Gasteiger partial charge >= 0.3 is 12.3 Å². The van der Waals surface area contributed by atoms with E-state index in [-0.39, 0.29) is 6.01 Å². The minimum Gasteiger partial charge on any atom is -0.467 e. The first-order valence-corrected chi connectivity index (χ1v) is 3.59. The lowest BCUT2D eigenvalue weighted by atomic mass is 10.6. The molecule has 0 aliphatic carbocycles. The summed E-state index contributed by atoms with van der Waals surface area (Å²) in [4.78, 5) is 6.66. The number of nitrogens with zero attached hydrogens (tertiary/aromatic N) is 2. The van der Waals surface area contributed by atoms with Gasteiger partial charge in [0.1, 0.15) is 0 Å². The van der Waals surface area contributed by atoms with Gasteiger partial charge in [-0.25, -0.2) is 9.37 Å². The topological polar surface area (TPSA) is 59.1 Å². The summed E-state index contributed by atoms with van der Waals surface area (Å²) in [5, 5.41) is 0. The number of hydrogen-bond donors (Lipinski definition) is 2. The van der Waals surface area contributed by atoms with E-state index in [1.54, 1.807) is 5.43 Å². The van der Waals surface area contributed by atoms with Gasteiger partial charge in [0, 0.05) is 0 Å². The van der Waals surface area contributed by atoms with Crippen molar-refractivity contribution in [3.8, 4) is 6.01 Å². The fraction of sp³-hybridized carbons (Fsp3) is 0.333. The molecular formula is C6H6F4N4O. The Hall–Kier alpha value is -1.64. The van der Waals surface area contributed by atoms with Gasteiger partial charge in [-0.05, 0) is 0 Å². The van der Waals surface area contributed by atoms with Gasteiger partial charge in [0.05, 0.1) is 13.3 Å². The zero-order valence-electron chi connectivity index (χ0n) is 7.39. The van der Waals surface area contributed by atoms with Crippen molar-refractivity contribution in [1.29, 1.82) is 0 Å². The Labute approximate surface area is 81.4 Å². The summed E-state index contributed by atoms with van der Waals surface area (Å²) in [6, 6.07) is -0.247. The summed E-state index contributed by atoms with van der Waals surface area (Å²) in [6.07, 6.45) is -4.00. The fourth-order valence-electron chi connectivity index (χ4n) is 0.667. The van der Waals surface area contributed by atoms with Gasteiger partial charge in [-0.2, -0.15) is 18.2 Å². The first-order valence-electron chi connectivity index (χ1n) is 3.59. The van der Waals surface area contributed by atoms with E-state index in [1.165, 1.54) is 7.11 Å². The highest BCUT2D eigenvalue weighted by molar-refractivity contribution is 5.34. The number of methoxy groups -OCH3 is 1. The van der Waals surface area contributed by atoms with Crippen molar-refractivity contribution in [1.82, 2.24) is 15.4 Å². The number of nitrogens with one attached hydrogen (secondary N) is 2. The van der Waals surface area contributed by atoms with Crippen molar-refractivity contribution < 1.29 is 22.3 Å². The molecule has 0 atom stereocenters. The quantitative estimate of drug-likeness (QED) is 0.458. The van der Waals surface area contributed by atoms with Crippen LogP contribution in [0.1, 0.15) is 0 Å². The monoisotopic (exact) mass is 226 g/mol. The first kappa shape index (κ1) is 11.4. The molecule has 1 aromatic rings. The molecule has 0 aliphatic heterocycles. The highest BCUT2D eigenvalue weighted by atomic mass is 19.4. The maximum atomic E-state index is 12.8. The van der Waals surface area contributed by atoms with E-state index in [4.69, 9.17) is 0 Å². The van der Waals surface area contributed by atoms with Crippen LogP contribution in [0.5, 0.6) is 6.01 Å². The highest BCUT2D eigenvalue weighted by Crippen LogP contribution is 2.14. The Balaban J connectivity index is 2.75. The molecule has 0 aromatic carbocycles. The Morgan fingerprint density at radius 1 is 1.40 bits per heavy atom. The van der Waals surface area contributed by atoms with Gasteiger partial charge in [-0.15, -0.1) is 5.43 Å². The molecule has 1 rings (SSSR count). The minimum atomic E-state index is -4.69. The van der Waals surface area contributed by atoms with Gasteiger partial charge in [-0.3, -0.25) is 5.43 Å². The van der Waals surface area contributed by atoms with E-state index in [1.807, 2.05) is 0 Å². The molecule has 84 valence electrons. The number of rotatable bonds is 3. The molecule has 5 nitrogen and oxygen atoms in total. The minimum absolute atomic E-state index is 0.247. The summed E-state index contributed by atoms with van der Waals surface area (Å²) in [5.41, 5.74) is 2.44. The van der Waals surface area contributed by atoms with E-state index in [0.717, 1.165) is 5.43 Å². The summed E-state index contributed by atoms with van der Waals surface area (Å²) < 4.78 is 52.4. The molecule has 0 unspecified atom stereocenters. The molecule has 1 heterocycles. The van der Waals surface area contributed by atoms with Crippen molar-refractivity contribution in [2.75, 3.05) is 12.5 Å². The zero-order valence-corrected chi connectivity index (χ0v) is 7.39. The maximum absolute atomic E-state index is 12.8. The van der Waals surface area contributed by atoms with Crippen LogP contribution in [0, 0.1) is 5.82 Å². The Morgan fingerprint density at radius 2 is 2.07 bits per heavy atom. The molecular weight excluding hydrogens is 220 g/mol. The van der Waals surface area contributed by atoms with Crippen LogP contribution in [-0.2, 0) is 0 Å². The Morgan fingerprint density at radius 3 is 2.60 bits per heavy atom. The lowest BCUT2D eigenvalue weighted by Gasteiger charge is -2.10. The SMILES string of the molecule is COc1ncc(F)c(NNC(F)(F)F)n1. The zero-order chi connectivity index (χ0) is 11.5. The third-order valence-electron chi connectivity index (χ3n) is 1.23. The van der Waals surface area contributed by atoms with Gasteiger partial charge in [0.2, 0.25) is 0 Å². The molecule has 15 heavy (non-hydrogen) atoms. The second-order valence-electron chi connectivity index (χ2n) is 2.30. The summed E-state index contributed by atoms with van der Waals surface area (Å²) >= 11 is 0. The van der Waals surface area contributed by atoms with Crippen LogP contribution in [-0.4, -0.2) is 23.4 Å². The van der Waals surface area contributed by atoms with Crippen LogP contribution in [0.15, 0.2) is 6.20 Å². The lowest BCUT2D eigenvalue weighted by molar-refractivity contribution is -0.151. The molecule has 9 heteroatoms. The van der Waals surface area contributed by atoms with E-state index >= 15 is 0 Å². The van der Waals surface area contributed by atoms with Crippen molar-refractivity contribution >= 4 is 5.82 Å². The molecule has 0 saturated heterocycles. The molecule has 0 spiro atoms. The average molecular weight is 226 g/mol. The van der Waals surface area contributed by atoms with Crippen molar-refractivity contribution in [2.24, 2.45) is 0 Å². The smallest absolute Gasteiger partial charge is 0.467 e. The molecule has 2 N–H and O–H groups in total. The molecule has 0 radical (unpaired) electrons. The van der Waals surface area contributed by atoms with Crippen molar-refractivity contribution in [3.05, 3.63) is 12.0 Å². The van der Waals surface area contributed by atoms with Gasteiger partial charge in [0.15, 0.2) is 11.6 Å². The predicted octanol–water partition coefficient (Wildman–Crippen LogP) is 1.06. The second kappa shape index (κ2) is 4.26. The fourth-order valence-corrected chi connectivity index (χ4v) is 0.667. The average Bonchev–Trinajstić information content (AvgIpc) is 2.15. The van der Waals surface area contributed by atoms with E-state index in [0.29, 0.717) is 6.20 Å². The third kappa shape index (κ3) is 3.54. The summed E-state index contributed by atoms with van der Waals surface area (Å²) in [6.45, 7) is 0. The first-order chi connectivity index (χ1) is 6.92. The Bertz CT molecular complexity index is 342. The molecule has 0 amide bonds. The van der Waals surface area contributed by atoms with E-state index in [2.05, 4.69) is 14.7 Å². The van der Waals surface area contributed by atoms with Crippen molar-refractivity contribution in [3.63, 3.8) is 0 Å². The molecule has 1 aromatic heterocycles. The van der Waals surface area contributed by atoms with Crippen LogP contribution in [0.4, 0.5) is 23.4 Å². The predicted molar refractivity (Wildman–Crippen MR) is 41.4 cm³/mol. The highest BCUT2D eigenvalue weighted by Gasteiger charge is 2.27. The largest absolute Gasteiger partial charge is 0.474 e. The number of hydrogen-bond acceptors (Lipinski definition) is 5. The van der Waals surface area contributed by atoms with Crippen LogP contribution < -0.4 is 15.6 Å². The number of ether oxygens (including phenoxy) is 1. The number of anilines is 1. The van der Waals surface area contributed by atoms with E-state index < -0.39 is 17.9 Å². The van der Waals surface area contributed by atoms with Crippen LogP contribution in [0.2, 0.25) is 0 Å². The van der Waals surface area contributed by atoms with Gasteiger partial charge < -0.3 is 4.74 Å². The molecule has 0 aliphatic rings. The molecule has 0 bridgehead atoms. The van der Waals surface area contributed by atoms with Crippen LogP contribution in [0.3, 0.4) is 0 Å². The second-order valence-corrected chi connectivity index (χ2v) is 2.30. The number of halogens is 4. The lowest BCUT2D eigenvalue weighted by Crippen LogP contribution is -2.37. The number of alkyl halides is 3. The Kier molecular flexibility index (Phi) is 3.24. The van der Waals surface area contributed by atoms with Gasteiger partial charge in [-0.1, -0.05) is 0 Å². The normalized spacial score (nSPS) is 11.3. The maximum Gasteiger partial charge on any atom is 0.474 e. The van der Waals surface area contributed by atoms with Crippen LogP contribution in [0.25, 0.3) is 0 Å². The standard InChI is InChI=1S/C6H6F4N4O/c1-15-5-11-2-3(7)4(12-5)13-14-6(8,9)10/h2,14H,1H3,(H,11,12,13). The summed E-state index contributed by atoms with van der Waals surface area (Å²) in [5.74, 6) is -1.69. The van der Waals surface area contributed by atoms with Crippen LogP contribution >= 0.6 is 0 Å². The summed E-state index contributed by atoms with van der Waals surface area (Å²) in [7, 11) is 1.20. The number of aromatic nitrogens is 2. The third-order valence-corrected chi connectivity index (χ3v) is 1.23. The van der Waals surface area contributed by atoms with E-state index in [9.17, 15) is 17.6 Å². The molecule has 0 saturated carbocycles. The van der Waals surface area contributed by atoms with Gasteiger partial charge in [0.25, 0.3) is 0 Å². The molecule has 0 fully saturated rings. The number of hydrazine groups is 1.